The Labute approximate surface area is 93.9 Å². The molecule has 2 rings (SSSR count). The minimum Gasteiger partial charge on any atom is -0.508 e. The van der Waals surface area contributed by atoms with Gasteiger partial charge in [-0.1, -0.05) is 11.6 Å². The van der Waals surface area contributed by atoms with Crippen LogP contribution in [0.2, 0.25) is 5.02 Å². The summed E-state index contributed by atoms with van der Waals surface area (Å²) in [5.41, 5.74) is 0.886. The summed E-state index contributed by atoms with van der Waals surface area (Å²) < 4.78 is 0. The highest BCUT2D eigenvalue weighted by Crippen LogP contribution is 2.30. The van der Waals surface area contributed by atoms with Gasteiger partial charge in [0.25, 0.3) is 0 Å². The van der Waals surface area contributed by atoms with Crippen LogP contribution >= 0.6 is 11.6 Å². The van der Waals surface area contributed by atoms with Gasteiger partial charge in [-0.3, -0.25) is 0 Å². The fraction of sp³-hybridized carbons (Fsp3) is 0.455. The standard InChI is InChI=1S/C11H14ClNO2/c12-8-4-10(6-11(15)5-8)13-3-1-2-9(13)7-14/h4-6,9,14-15H,1-3,7H2. The second kappa shape index (κ2) is 4.29. The van der Waals surface area contributed by atoms with Crippen LogP contribution in [-0.4, -0.2) is 29.4 Å². The molecule has 0 bridgehead atoms. The van der Waals surface area contributed by atoms with Crippen LogP contribution in [0.5, 0.6) is 5.75 Å². The lowest BCUT2D eigenvalue weighted by Gasteiger charge is -2.25. The maximum absolute atomic E-state index is 9.44. The van der Waals surface area contributed by atoms with Crippen molar-refractivity contribution in [3.05, 3.63) is 23.2 Å². The van der Waals surface area contributed by atoms with E-state index in [-0.39, 0.29) is 18.4 Å². The smallest absolute Gasteiger partial charge is 0.119 e. The highest BCUT2D eigenvalue weighted by molar-refractivity contribution is 6.31. The first kappa shape index (κ1) is 10.6. The van der Waals surface area contributed by atoms with E-state index in [2.05, 4.69) is 4.90 Å². The lowest BCUT2D eigenvalue weighted by molar-refractivity contribution is 0.266. The third kappa shape index (κ3) is 2.19. The summed E-state index contributed by atoms with van der Waals surface area (Å²) in [6.07, 6.45) is 2.06. The van der Waals surface area contributed by atoms with E-state index in [1.165, 1.54) is 6.07 Å². The Kier molecular flexibility index (Phi) is 3.03. The molecule has 0 radical (unpaired) electrons. The number of aromatic hydroxyl groups is 1. The molecule has 1 aliphatic heterocycles. The molecule has 1 atom stereocenters. The topological polar surface area (TPSA) is 43.7 Å². The maximum atomic E-state index is 9.44. The average molecular weight is 228 g/mol. The molecule has 2 N–H and O–H groups in total. The third-order valence-corrected chi connectivity index (χ3v) is 3.01. The first-order chi connectivity index (χ1) is 7.20. The highest BCUT2D eigenvalue weighted by Gasteiger charge is 2.24. The fourth-order valence-corrected chi connectivity index (χ4v) is 2.31. The minimum atomic E-state index is 0.146. The van der Waals surface area contributed by atoms with Gasteiger partial charge in [0.1, 0.15) is 5.75 Å². The number of phenolic OH excluding ortho intramolecular Hbond substituents is 1. The molecule has 1 saturated heterocycles. The van der Waals surface area contributed by atoms with Crippen LogP contribution in [-0.2, 0) is 0 Å². The molecule has 15 heavy (non-hydrogen) atoms. The quantitative estimate of drug-likeness (QED) is 0.813. The lowest BCUT2D eigenvalue weighted by Crippen LogP contribution is -2.31. The number of aliphatic hydroxyl groups is 1. The van der Waals surface area contributed by atoms with Crippen LogP contribution in [0.15, 0.2) is 18.2 Å². The van der Waals surface area contributed by atoms with Crippen LogP contribution < -0.4 is 4.90 Å². The average Bonchev–Trinajstić information content (AvgIpc) is 2.63. The van der Waals surface area contributed by atoms with Gasteiger partial charge in [-0.25, -0.2) is 0 Å². The Morgan fingerprint density at radius 3 is 2.87 bits per heavy atom. The van der Waals surface area contributed by atoms with Crippen LogP contribution in [0.3, 0.4) is 0 Å². The molecule has 0 aliphatic carbocycles. The van der Waals surface area contributed by atoms with Gasteiger partial charge in [0, 0.05) is 23.3 Å². The molecule has 1 fully saturated rings. The molecule has 0 aromatic heterocycles. The van der Waals surface area contributed by atoms with E-state index in [0.717, 1.165) is 25.1 Å². The van der Waals surface area contributed by atoms with Crippen molar-refractivity contribution in [1.29, 1.82) is 0 Å². The van der Waals surface area contributed by atoms with Gasteiger partial charge < -0.3 is 15.1 Å². The summed E-state index contributed by atoms with van der Waals surface area (Å²) in [5.74, 6) is 0.168. The van der Waals surface area contributed by atoms with Gasteiger partial charge >= 0.3 is 0 Å². The van der Waals surface area contributed by atoms with E-state index in [9.17, 15) is 10.2 Å². The van der Waals surface area contributed by atoms with Crippen LogP contribution in [0, 0.1) is 0 Å². The normalized spacial score (nSPS) is 20.9. The van der Waals surface area contributed by atoms with Crippen molar-refractivity contribution < 1.29 is 10.2 Å². The van der Waals surface area contributed by atoms with E-state index < -0.39 is 0 Å². The third-order valence-electron chi connectivity index (χ3n) is 2.79. The molecule has 0 saturated carbocycles. The van der Waals surface area contributed by atoms with Gasteiger partial charge in [0.2, 0.25) is 0 Å². The Morgan fingerprint density at radius 1 is 1.40 bits per heavy atom. The maximum Gasteiger partial charge on any atom is 0.119 e. The first-order valence-corrected chi connectivity index (χ1v) is 5.45. The van der Waals surface area contributed by atoms with E-state index >= 15 is 0 Å². The Hall–Kier alpha value is -0.930. The van der Waals surface area contributed by atoms with Crippen molar-refractivity contribution in [2.24, 2.45) is 0 Å². The molecule has 82 valence electrons. The second-order valence-corrected chi connectivity index (χ2v) is 4.28. The molecule has 1 aromatic carbocycles. The molecule has 1 heterocycles. The molecule has 1 aliphatic rings. The van der Waals surface area contributed by atoms with E-state index in [0.29, 0.717) is 5.02 Å². The lowest BCUT2D eigenvalue weighted by atomic mass is 10.2. The van der Waals surface area contributed by atoms with Crippen LogP contribution in [0.25, 0.3) is 0 Å². The largest absolute Gasteiger partial charge is 0.508 e. The van der Waals surface area contributed by atoms with Crippen molar-refractivity contribution in [2.75, 3.05) is 18.1 Å². The van der Waals surface area contributed by atoms with E-state index in [1.807, 2.05) is 6.07 Å². The van der Waals surface area contributed by atoms with Crippen LogP contribution in [0.4, 0.5) is 5.69 Å². The van der Waals surface area contributed by atoms with Crippen LogP contribution in [0.1, 0.15) is 12.8 Å². The van der Waals surface area contributed by atoms with Crippen molar-refractivity contribution in [3.63, 3.8) is 0 Å². The number of nitrogens with zero attached hydrogens (tertiary/aromatic N) is 1. The SMILES string of the molecule is OCC1CCCN1c1cc(O)cc(Cl)c1. The highest BCUT2D eigenvalue weighted by atomic mass is 35.5. The Bertz CT molecular complexity index is 336. The summed E-state index contributed by atoms with van der Waals surface area (Å²) in [6.45, 7) is 1.05. The number of benzene rings is 1. The molecular weight excluding hydrogens is 214 g/mol. The van der Waals surface area contributed by atoms with Crippen molar-refractivity contribution >= 4 is 17.3 Å². The number of rotatable bonds is 2. The zero-order chi connectivity index (χ0) is 10.8. The molecular formula is C11H14ClNO2. The molecule has 4 heteroatoms. The van der Waals surface area contributed by atoms with Gasteiger partial charge in [-0.2, -0.15) is 0 Å². The molecule has 1 aromatic rings. The summed E-state index contributed by atoms with van der Waals surface area (Å²) >= 11 is 5.87. The Morgan fingerprint density at radius 2 is 2.20 bits per heavy atom. The second-order valence-electron chi connectivity index (χ2n) is 3.84. The molecule has 1 unspecified atom stereocenters. The zero-order valence-corrected chi connectivity index (χ0v) is 9.11. The fourth-order valence-electron chi connectivity index (χ4n) is 2.09. The number of phenols is 1. The van der Waals surface area contributed by atoms with Gasteiger partial charge in [-0.15, -0.1) is 0 Å². The van der Waals surface area contributed by atoms with Gasteiger partial charge in [-0.05, 0) is 25.0 Å². The number of anilines is 1. The number of hydrogen-bond acceptors (Lipinski definition) is 3. The number of aliphatic hydroxyl groups excluding tert-OH is 1. The summed E-state index contributed by atoms with van der Waals surface area (Å²) in [6, 6.07) is 5.16. The summed E-state index contributed by atoms with van der Waals surface area (Å²) in [7, 11) is 0. The number of halogens is 1. The molecule has 0 amide bonds. The first-order valence-electron chi connectivity index (χ1n) is 5.08. The summed E-state index contributed by atoms with van der Waals surface area (Å²) in [4.78, 5) is 2.09. The van der Waals surface area contributed by atoms with Crippen molar-refractivity contribution in [1.82, 2.24) is 0 Å². The predicted octanol–water partition coefficient (Wildman–Crippen LogP) is 2.01. The zero-order valence-electron chi connectivity index (χ0n) is 8.36. The molecule has 0 spiro atoms. The van der Waals surface area contributed by atoms with Gasteiger partial charge in [0.15, 0.2) is 0 Å². The number of hydrogen-bond donors (Lipinski definition) is 2. The Balaban J connectivity index is 2.28. The molecule has 3 nitrogen and oxygen atoms in total. The minimum absolute atomic E-state index is 0.146. The summed E-state index contributed by atoms with van der Waals surface area (Å²) in [5, 5.41) is 19.2. The van der Waals surface area contributed by atoms with Crippen molar-refractivity contribution in [2.45, 2.75) is 18.9 Å². The van der Waals surface area contributed by atoms with E-state index in [1.54, 1.807) is 6.07 Å². The van der Waals surface area contributed by atoms with Gasteiger partial charge in [0.05, 0.1) is 12.6 Å². The monoisotopic (exact) mass is 227 g/mol. The van der Waals surface area contributed by atoms with Crippen molar-refractivity contribution in [3.8, 4) is 5.75 Å². The van der Waals surface area contributed by atoms with E-state index in [4.69, 9.17) is 11.6 Å². The predicted molar refractivity (Wildman–Crippen MR) is 60.6 cm³/mol.